The summed E-state index contributed by atoms with van der Waals surface area (Å²) in [6, 6.07) is 6.62. The van der Waals surface area contributed by atoms with E-state index in [9.17, 15) is 0 Å². The first-order chi connectivity index (χ1) is 7.15. The summed E-state index contributed by atoms with van der Waals surface area (Å²) in [5, 5.41) is 7.66. The lowest BCUT2D eigenvalue weighted by atomic mass is 10.3. The monoisotopic (exact) mass is 221 g/mol. The van der Waals surface area contributed by atoms with Crippen LogP contribution >= 0.6 is 11.3 Å². The first-order valence-electron chi connectivity index (χ1n) is 4.97. The number of thiophene rings is 1. The van der Waals surface area contributed by atoms with E-state index < -0.39 is 0 Å². The van der Waals surface area contributed by atoms with Crippen molar-refractivity contribution in [3.05, 3.63) is 34.2 Å². The molecule has 2 heterocycles. The molecule has 2 rings (SSSR count). The number of hydrogen-bond acceptors (Lipinski definition) is 3. The van der Waals surface area contributed by atoms with Gasteiger partial charge in [-0.05, 0) is 26.0 Å². The van der Waals surface area contributed by atoms with Crippen LogP contribution in [-0.2, 0) is 7.05 Å². The van der Waals surface area contributed by atoms with Gasteiger partial charge in [0, 0.05) is 29.1 Å². The number of anilines is 1. The van der Waals surface area contributed by atoms with Crippen molar-refractivity contribution < 1.29 is 0 Å². The lowest BCUT2D eigenvalue weighted by Crippen LogP contribution is -2.05. The van der Waals surface area contributed by atoms with Gasteiger partial charge < -0.3 is 5.32 Å². The van der Waals surface area contributed by atoms with Crippen molar-refractivity contribution in [3.63, 3.8) is 0 Å². The third-order valence-corrected chi connectivity index (χ3v) is 3.45. The lowest BCUT2D eigenvalue weighted by Gasteiger charge is -2.10. The van der Waals surface area contributed by atoms with Gasteiger partial charge in [0.2, 0.25) is 0 Å². The van der Waals surface area contributed by atoms with Crippen LogP contribution in [0.4, 0.5) is 5.82 Å². The van der Waals surface area contributed by atoms with Crippen LogP contribution in [0.2, 0.25) is 0 Å². The van der Waals surface area contributed by atoms with Crippen molar-refractivity contribution in [2.45, 2.75) is 19.9 Å². The molecule has 3 nitrogen and oxygen atoms in total. The van der Waals surface area contributed by atoms with Crippen molar-refractivity contribution in [2.75, 3.05) is 5.32 Å². The van der Waals surface area contributed by atoms with E-state index in [1.165, 1.54) is 9.75 Å². The van der Waals surface area contributed by atoms with Crippen LogP contribution in [0.3, 0.4) is 0 Å². The van der Waals surface area contributed by atoms with Gasteiger partial charge in [0.05, 0.1) is 6.04 Å². The van der Waals surface area contributed by atoms with E-state index in [1.54, 1.807) is 4.68 Å². The molecule has 80 valence electrons. The average molecular weight is 221 g/mol. The smallest absolute Gasteiger partial charge is 0.148 e. The molecular formula is C11H15N3S. The lowest BCUT2D eigenvalue weighted by molar-refractivity contribution is 0.761. The van der Waals surface area contributed by atoms with Gasteiger partial charge in [0.25, 0.3) is 0 Å². The summed E-state index contributed by atoms with van der Waals surface area (Å²) in [4.78, 5) is 2.69. The van der Waals surface area contributed by atoms with Gasteiger partial charge >= 0.3 is 0 Å². The molecule has 0 aliphatic rings. The van der Waals surface area contributed by atoms with Crippen LogP contribution in [0.25, 0.3) is 0 Å². The fourth-order valence-electron chi connectivity index (χ4n) is 1.47. The maximum Gasteiger partial charge on any atom is 0.148 e. The highest BCUT2D eigenvalue weighted by Crippen LogP contribution is 2.24. The highest BCUT2D eigenvalue weighted by Gasteiger charge is 2.08. The molecule has 0 aliphatic heterocycles. The zero-order valence-electron chi connectivity index (χ0n) is 9.19. The Labute approximate surface area is 93.7 Å². The van der Waals surface area contributed by atoms with E-state index in [-0.39, 0.29) is 0 Å². The Morgan fingerprint density at radius 1 is 1.40 bits per heavy atom. The second kappa shape index (κ2) is 4.06. The summed E-state index contributed by atoms with van der Waals surface area (Å²) in [5.41, 5.74) is 0. The molecule has 0 aliphatic carbocycles. The van der Waals surface area contributed by atoms with Gasteiger partial charge in [-0.3, -0.25) is 4.68 Å². The maximum atomic E-state index is 4.29. The summed E-state index contributed by atoms with van der Waals surface area (Å²) in [5.74, 6) is 0.927. The molecule has 2 aromatic rings. The van der Waals surface area contributed by atoms with Gasteiger partial charge in [0.15, 0.2) is 0 Å². The quantitative estimate of drug-likeness (QED) is 0.863. The molecular weight excluding hydrogens is 206 g/mol. The summed E-state index contributed by atoms with van der Waals surface area (Å²) in [7, 11) is 1.92. The largest absolute Gasteiger partial charge is 0.361 e. The van der Waals surface area contributed by atoms with Crippen LogP contribution in [0.1, 0.15) is 22.7 Å². The van der Waals surface area contributed by atoms with Crippen LogP contribution in [0.5, 0.6) is 0 Å². The Morgan fingerprint density at radius 2 is 2.20 bits per heavy atom. The Balaban J connectivity index is 2.06. The SMILES string of the molecule is Cc1ccc(C(C)Nc2ccn(C)n2)s1. The van der Waals surface area contributed by atoms with E-state index >= 15 is 0 Å². The number of hydrogen-bond donors (Lipinski definition) is 1. The number of rotatable bonds is 3. The average Bonchev–Trinajstić information content (AvgIpc) is 2.75. The third kappa shape index (κ3) is 2.39. The highest BCUT2D eigenvalue weighted by atomic mass is 32.1. The molecule has 0 saturated carbocycles. The van der Waals surface area contributed by atoms with Crippen LogP contribution in [0, 0.1) is 6.92 Å². The molecule has 0 saturated heterocycles. The first-order valence-corrected chi connectivity index (χ1v) is 5.79. The van der Waals surface area contributed by atoms with E-state index in [4.69, 9.17) is 0 Å². The molecule has 1 atom stereocenters. The Kier molecular flexibility index (Phi) is 2.77. The fraction of sp³-hybridized carbons (Fsp3) is 0.364. The normalized spacial score (nSPS) is 12.7. The molecule has 0 bridgehead atoms. The topological polar surface area (TPSA) is 29.9 Å². The van der Waals surface area contributed by atoms with Gasteiger partial charge in [-0.2, -0.15) is 5.10 Å². The first kappa shape index (κ1) is 10.2. The number of nitrogens with zero attached hydrogens (tertiary/aromatic N) is 2. The van der Waals surface area contributed by atoms with Crippen molar-refractivity contribution >= 4 is 17.2 Å². The summed E-state index contributed by atoms with van der Waals surface area (Å²) in [6.07, 6.45) is 1.94. The van der Waals surface area contributed by atoms with E-state index in [0.29, 0.717) is 6.04 Å². The minimum atomic E-state index is 0.318. The minimum absolute atomic E-state index is 0.318. The van der Waals surface area contributed by atoms with Crippen LogP contribution in [0.15, 0.2) is 24.4 Å². The molecule has 0 spiro atoms. The van der Waals surface area contributed by atoms with Gasteiger partial charge in [0.1, 0.15) is 5.82 Å². The predicted octanol–water partition coefficient (Wildman–Crippen LogP) is 2.96. The Bertz CT molecular complexity index is 444. The second-order valence-corrected chi connectivity index (χ2v) is 5.01. The van der Waals surface area contributed by atoms with Crippen molar-refractivity contribution in [1.82, 2.24) is 9.78 Å². The highest BCUT2D eigenvalue weighted by molar-refractivity contribution is 7.12. The van der Waals surface area contributed by atoms with Gasteiger partial charge in [-0.15, -0.1) is 11.3 Å². The van der Waals surface area contributed by atoms with E-state index in [2.05, 4.69) is 36.4 Å². The van der Waals surface area contributed by atoms with Gasteiger partial charge in [-0.1, -0.05) is 0 Å². The van der Waals surface area contributed by atoms with Crippen LogP contribution < -0.4 is 5.32 Å². The van der Waals surface area contributed by atoms with Crippen LogP contribution in [-0.4, -0.2) is 9.78 Å². The molecule has 2 aromatic heterocycles. The van der Waals surface area contributed by atoms with Crippen molar-refractivity contribution in [2.24, 2.45) is 7.05 Å². The summed E-state index contributed by atoms with van der Waals surface area (Å²) in [6.45, 7) is 4.28. The predicted molar refractivity (Wildman–Crippen MR) is 64.3 cm³/mol. The molecule has 1 unspecified atom stereocenters. The number of nitrogens with one attached hydrogen (secondary N) is 1. The Morgan fingerprint density at radius 3 is 2.73 bits per heavy atom. The third-order valence-electron chi connectivity index (χ3n) is 2.27. The molecule has 0 amide bonds. The zero-order valence-corrected chi connectivity index (χ0v) is 10.0. The molecule has 0 fully saturated rings. The standard InChI is InChI=1S/C11H15N3S/c1-8-4-5-10(15-8)9(2)12-11-6-7-14(3)13-11/h4-7,9H,1-3H3,(H,12,13). The second-order valence-electron chi connectivity index (χ2n) is 3.69. The van der Waals surface area contributed by atoms with E-state index in [0.717, 1.165) is 5.82 Å². The summed E-state index contributed by atoms with van der Waals surface area (Å²) >= 11 is 1.82. The van der Waals surface area contributed by atoms with E-state index in [1.807, 2.05) is 30.6 Å². The Hall–Kier alpha value is -1.29. The molecule has 0 aromatic carbocycles. The number of aromatic nitrogens is 2. The summed E-state index contributed by atoms with van der Waals surface area (Å²) < 4.78 is 1.80. The minimum Gasteiger partial charge on any atom is -0.361 e. The zero-order chi connectivity index (χ0) is 10.8. The van der Waals surface area contributed by atoms with Crippen molar-refractivity contribution in [1.29, 1.82) is 0 Å². The molecule has 4 heteroatoms. The number of aryl methyl sites for hydroxylation is 2. The molecule has 15 heavy (non-hydrogen) atoms. The molecule has 0 radical (unpaired) electrons. The van der Waals surface area contributed by atoms with Gasteiger partial charge in [-0.25, -0.2) is 0 Å². The van der Waals surface area contributed by atoms with Crippen molar-refractivity contribution in [3.8, 4) is 0 Å². The fourth-order valence-corrected chi connectivity index (χ4v) is 2.35. The maximum absolute atomic E-state index is 4.29. The molecule has 1 N–H and O–H groups in total.